The van der Waals surface area contributed by atoms with E-state index in [1.807, 2.05) is 36.4 Å². The Bertz CT molecular complexity index is 694. The number of carbonyl (C=O) groups excluding carboxylic acids is 1. The molecule has 2 rings (SSSR count). The first-order valence-corrected chi connectivity index (χ1v) is 9.44. The minimum atomic E-state index is -0.326. The number of rotatable bonds is 9. The fourth-order valence-electron chi connectivity index (χ4n) is 2.34. The minimum absolute atomic E-state index is 0.326. The van der Waals surface area contributed by atoms with E-state index in [4.69, 9.17) is 19.9 Å². The Labute approximate surface area is 168 Å². The zero-order valence-corrected chi connectivity index (χ0v) is 17.0. The summed E-state index contributed by atoms with van der Waals surface area (Å²) in [6, 6.07) is 15.6. The summed E-state index contributed by atoms with van der Waals surface area (Å²) in [7, 11) is 3.30. The van der Waals surface area contributed by atoms with Crippen LogP contribution in [0.2, 0.25) is 0 Å². The second-order valence-corrected chi connectivity index (χ2v) is 5.95. The molecule has 28 heavy (non-hydrogen) atoms. The first-order chi connectivity index (χ1) is 13.6. The van der Waals surface area contributed by atoms with E-state index in [-0.39, 0.29) is 5.97 Å². The van der Waals surface area contributed by atoms with Crippen molar-refractivity contribution in [1.82, 2.24) is 0 Å². The first-order valence-electron chi connectivity index (χ1n) is 9.44. The van der Waals surface area contributed by atoms with Gasteiger partial charge in [0.15, 0.2) is 0 Å². The number of hydrogen-bond donors (Lipinski definition) is 1. The number of benzene rings is 2. The Hall–Kier alpha value is -2.79. The third kappa shape index (κ3) is 9.78. The number of aryl methyl sites for hydroxylation is 1. The largest absolute Gasteiger partial charge is 0.497 e. The van der Waals surface area contributed by atoms with Crippen LogP contribution in [0.15, 0.2) is 54.6 Å². The zero-order valence-electron chi connectivity index (χ0n) is 17.0. The maximum Gasteiger partial charge on any atom is 0.330 e. The van der Waals surface area contributed by atoms with E-state index in [0.717, 1.165) is 36.4 Å². The molecule has 0 saturated heterocycles. The number of ether oxygens (including phenoxy) is 3. The fourth-order valence-corrected chi connectivity index (χ4v) is 2.34. The second-order valence-electron chi connectivity index (χ2n) is 5.95. The Morgan fingerprint density at radius 1 is 0.929 bits per heavy atom. The van der Waals surface area contributed by atoms with Gasteiger partial charge < -0.3 is 19.9 Å². The van der Waals surface area contributed by atoms with Crippen LogP contribution in [0.5, 0.6) is 11.5 Å². The van der Waals surface area contributed by atoms with Crippen molar-refractivity contribution in [3.63, 3.8) is 0 Å². The van der Waals surface area contributed by atoms with Crippen LogP contribution in [0.25, 0.3) is 6.08 Å². The van der Waals surface area contributed by atoms with Crippen LogP contribution >= 0.6 is 0 Å². The van der Waals surface area contributed by atoms with Gasteiger partial charge in [-0.15, -0.1) is 0 Å². The number of esters is 1. The topological polar surface area (TPSA) is 70.8 Å². The smallest absolute Gasteiger partial charge is 0.330 e. The Morgan fingerprint density at radius 2 is 1.50 bits per heavy atom. The molecule has 152 valence electrons. The highest BCUT2D eigenvalue weighted by Crippen LogP contribution is 2.13. The molecule has 5 heteroatoms. The number of carbonyl (C=O) groups is 1. The second kappa shape index (κ2) is 14.3. The quantitative estimate of drug-likeness (QED) is 0.397. The average Bonchev–Trinajstić information content (AvgIpc) is 2.74. The van der Waals surface area contributed by atoms with Crippen molar-refractivity contribution in [2.75, 3.05) is 27.4 Å². The van der Waals surface area contributed by atoms with Crippen molar-refractivity contribution in [3.05, 3.63) is 65.7 Å². The maximum absolute atomic E-state index is 11.0. The molecule has 0 spiro atoms. The Morgan fingerprint density at radius 3 is 2.00 bits per heavy atom. The van der Waals surface area contributed by atoms with Crippen LogP contribution in [0.3, 0.4) is 0 Å². The van der Waals surface area contributed by atoms with Crippen molar-refractivity contribution >= 4 is 12.0 Å². The number of hydrogen-bond acceptors (Lipinski definition) is 5. The van der Waals surface area contributed by atoms with Crippen molar-refractivity contribution in [2.24, 2.45) is 5.73 Å². The van der Waals surface area contributed by atoms with E-state index in [1.54, 1.807) is 27.2 Å². The molecule has 0 aliphatic rings. The number of methoxy groups -OCH3 is 2. The zero-order chi connectivity index (χ0) is 20.6. The van der Waals surface area contributed by atoms with Crippen molar-refractivity contribution in [2.45, 2.75) is 26.2 Å². The molecule has 2 N–H and O–H groups in total. The van der Waals surface area contributed by atoms with E-state index in [1.165, 1.54) is 18.1 Å². The summed E-state index contributed by atoms with van der Waals surface area (Å²) in [5.74, 6) is 1.39. The Kier molecular flexibility index (Phi) is 11.9. The average molecular weight is 386 g/mol. The molecular weight excluding hydrogens is 354 g/mol. The predicted octanol–water partition coefficient (Wildman–Crippen LogP) is 4.25. The summed E-state index contributed by atoms with van der Waals surface area (Å²) in [5.41, 5.74) is 7.71. The molecule has 5 nitrogen and oxygen atoms in total. The van der Waals surface area contributed by atoms with Crippen LogP contribution in [-0.2, 0) is 16.0 Å². The molecule has 0 heterocycles. The van der Waals surface area contributed by atoms with E-state index >= 15 is 0 Å². The third-order valence-electron chi connectivity index (χ3n) is 3.89. The van der Waals surface area contributed by atoms with Crippen molar-refractivity contribution in [3.8, 4) is 11.5 Å². The SMILES string of the molecule is CCOC(=O)C=Cc1ccc(OC)cc1.COc1ccc(CCCCN)cc1. The van der Waals surface area contributed by atoms with E-state index in [0.29, 0.717) is 6.61 Å². The van der Waals surface area contributed by atoms with Crippen molar-refractivity contribution in [1.29, 1.82) is 0 Å². The first kappa shape index (κ1) is 23.2. The van der Waals surface area contributed by atoms with Crippen LogP contribution in [0, 0.1) is 0 Å². The summed E-state index contributed by atoms with van der Waals surface area (Å²) >= 11 is 0. The molecular formula is C23H31NO4. The highest BCUT2D eigenvalue weighted by atomic mass is 16.5. The fraction of sp³-hybridized carbons (Fsp3) is 0.348. The van der Waals surface area contributed by atoms with Gasteiger partial charge in [-0.25, -0.2) is 4.79 Å². The van der Waals surface area contributed by atoms with Gasteiger partial charge in [0, 0.05) is 6.08 Å². The summed E-state index contributed by atoms with van der Waals surface area (Å²) in [6.07, 6.45) is 6.50. The van der Waals surface area contributed by atoms with Gasteiger partial charge in [0.25, 0.3) is 0 Å². The minimum Gasteiger partial charge on any atom is -0.497 e. The highest BCUT2D eigenvalue weighted by Gasteiger charge is 1.95. The number of unbranched alkanes of at least 4 members (excludes halogenated alkanes) is 1. The lowest BCUT2D eigenvalue weighted by Crippen LogP contribution is -1.98. The summed E-state index contributed by atoms with van der Waals surface area (Å²) in [4.78, 5) is 11.0. The van der Waals surface area contributed by atoms with Crippen LogP contribution in [0.4, 0.5) is 0 Å². The maximum atomic E-state index is 11.0. The van der Waals surface area contributed by atoms with E-state index in [9.17, 15) is 4.79 Å². The van der Waals surface area contributed by atoms with Crippen LogP contribution in [0.1, 0.15) is 30.9 Å². The van der Waals surface area contributed by atoms with E-state index in [2.05, 4.69) is 12.1 Å². The van der Waals surface area contributed by atoms with Gasteiger partial charge >= 0.3 is 5.97 Å². The molecule has 0 radical (unpaired) electrons. The lowest BCUT2D eigenvalue weighted by Gasteiger charge is -2.02. The predicted molar refractivity (Wildman–Crippen MR) is 114 cm³/mol. The normalized spacial score (nSPS) is 10.1. The number of nitrogens with two attached hydrogens (primary N) is 1. The molecule has 0 unspecified atom stereocenters. The van der Waals surface area contributed by atoms with Gasteiger partial charge in [-0.3, -0.25) is 0 Å². The van der Waals surface area contributed by atoms with Gasteiger partial charge in [-0.2, -0.15) is 0 Å². The Balaban J connectivity index is 0.000000283. The molecule has 0 aliphatic carbocycles. The molecule has 2 aromatic carbocycles. The highest BCUT2D eigenvalue weighted by molar-refractivity contribution is 5.87. The van der Waals surface area contributed by atoms with Crippen molar-refractivity contribution < 1.29 is 19.0 Å². The lowest BCUT2D eigenvalue weighted by atomic mass is 10.1. The summed E-state index contributed by atoms with van der Waals surface area (Å²) in [5, 5.41) is 0. The van der Waals surface area contributed by atoms with Gasteiger partial charge in [0.1, 0.15) is 11.5 Å². The van der Waals surface area contributed by atoms with Gasteiger partial charge in [0.05, 0.1) is 20.8 Å². The monoisotopic (exact) mass is 385 g/mol. The van der Waals surface area contributed by atoms with Crippen LogP contribution in [-0.4, -0.2) is 33.3 Å². The van der Waals surface area contributed by atoms with E-state index < -0.39 is 0 Å². The van der Waals surface area contributed by atoms with Crippen LogP contribution < -0.4 is 15.2 Å². The summed E-state index contributed by atoms with van der Waals surface area (Å²) < 4.78 is 14.9. The molecule has 0 fully saturated rings. The molecule has 2 aromatic rings. The molecule has 0 amide bonds. The van der Waals surface area contributed by atoms with Gasteiger partial charge in [-0.05, 0) is 74.2 Å². The standard InChI is InChI=1S/C12H14O3.C11H17NO/c1-3-15-12(13)9-6-10-4-7-11(14-2)8-5-10;1-13-11-7-5-10(6-8-11)4-2-3-9-12/h4-9H,3H2,1-2H3;5-8H,2-4,9,12H2,1H3. The third-order valence-corrected chi connectivity index (χ3v) is 3.89. The molecule has 0 aliphatic heterocycles. The lowest BCUT2D eigenvalue weighted by molar-refractivity contribution is -0.137. The molecule has 0 bridgehead atoms. The molecule has 0 atom stereocenters. The van der Waals surface area contributed by atoms with Gasteiger partial charge in [0.2, 0.25) is 0 Å². The molecule has 0 saturated carbocycles. The molecule has 0 aromatic heterocycles. The van der Waals surface area contributed by atoms with Gasteiger partial charge in [-0.1, -0.05) is 24.3 Å². The summed E-state index contributed by atoms with van der Waals surface area (Å²) in [6.45, 7) is 2.96.